The second-order valence-electron chi connectivity index (χ2n) is 2.58. The summed E-state index contributed by atoms with van der Waals surface area (Å²) in [6.45, 7) is 3.66. The standard InChI is InChI=1S/C7H12N4OS2/c1-3-13-7-11-10-6(14-7)9-5(12)4(2)8/h4H,3,8H2,1-2H3,(H,9,10,12). The number of amides is 1. The van der Waals surface area contributed by atoms with Crippen LogP contribution in [0.3, 0.4) is 0 Å². The quantitative estimate of drug-likeness (QED) is 0.596. The normalized spacial score (nSPS) is 12.5. The first-order valence-electron chi connectivity index (χ1n) is 4.16. The molecule has 0 saturated carbocycles. The Morgan fingerprint density at radius 3 is 3.00 bits per heavy atom. The van der Waals surface area contributed by atoms with Gasteiger partial charge in [-0.05, 0) is 12.7 Å². The Bertz CT molecular complexity index is 312. The van der Waals surface area contributed by atoms with Crippen molar-refractivity contribution in [1.29, 1.82) is 0 Å². The first-order valence-corrected chi connectivity index (χ1v) is 5.96. The predicted octanol–water partition coefficient (Wildman–Crippen LogP) is 0.936. The Labute approximate surface area is 90.5 Å². The summed E-state index contributed by atoms with van der Waals surface area (Å²) in [5.74, 6) is 0.699. The minimum Gasteiger partial charge on any atom is -0.320 e. The first kappa shape index (κ1) is 11.4. The van der Waals surface area contributed by atoms with Gasteiger partial charge in [0.2, 0.25) is 11.0 Å². The maximum atomic E-state index is 11.2. The molecular formula is C7H12N4OS2. The molecule has 0 fully saturated rings. The molecule has 1 unspecified atom stereocenters. The average Bonchev–Trinajstić information content (AvgIpc) is 2.53. The number of hydrogen-bond donors (Lipinski definition) is 2. The number of aromatic nitrogens is 2. The molecule has 1 heterocycles. The molecule has 7 heteroatoms. The summed E-state index contributed by atoms with van der Waals surface area (Å²) in [5.41, 5.74) is 5.39. The molecule has 0 saturated heterocycles. The van der Waals surface area contributed by atoms with Crippen molar-refractivity contribution in [2.24, 2.45) is 5.73 Å². The molecule has 0 aromatic carbocycles. The van der Waals surface area contributed by atoms with E-state index >= 15 is 0 Å². The molecule has 0 bridgehead atoms. The second kappa shape index (κ2) is 5.28. The number of rotatable bonds is 4. The van der Waals surface area contributed by atoms with E-state index in [4.69, 9.17) is 5.73 Å². The van der Waals surface area contributed by atoms with Gasteiger partial charge in [-0.2, -0.15) is 0 Å². The van der Waals surface area contributed by atoms with Crippen molar-refractivity contribution in [1.82, 2.24) is 10.2 Å². The third-order valence-corrected chi connectivity index (χ3v) is 3.17. The fraction of sp³-hybridized carbons (Fsp3) is 0.571. The van der Waals surface area contributed by atoms with Gasteiger partial charge < -0.3 is 5.73 Å². The zero-order chi connectivity index (χ0) is 10.6. The van der Waals surface area contributed by atoms with Crippen molar-refractivity contribution in [3.8, 4) is 0 Å². The molecule has 14 heavy (non-hydrogen) atoms. The van der Waals surface area contributed by atoms with Gasteiger partial charge in [0.15, 0.2) is 4.34 Å². The Hall–Kier alpha value is -0.660. The average molecular weight is 232 g/mol. The molecule has 1 rings (SSSR count). The minimum atomic E-state index is -0.527. The maximum absolute atomic E-state index is 11.2. The summed E-state index contributed by atoms with van der Waals surface area (Å²) in [7, 11) is 0. The number of anilines is 1. The fourth-order valence-electron chi connectivity index (χ4n) is 0.661. The van der Waals surface area contributed by atoms with E-state index in [2.05, 4.69) is 15.5 Å². The number of nitrogens with one attached hydrogen (secondary N) is 1. The molecule has 1 aromatic rings. The Morgan fingerprint density at radius 1 is 1.71 bits per heavy atom. The van der Waals surface area contributed by atoms with E-state index in [9.17, 15) is 4.79 Å². The van der Waals surface area contributed by atoms with E-state index in [1.807, 2.05) is 6.92 Å². The lowest BCUT2D eigenvalue weighted by Gasteiger charge is -2.02. The van der Waals surface area contributed by atoms with Crippen LogP contribution in [0.5, 0.6) is 0 Å². The molecule has 1 aromatic heterocycles. The number of nitrogens with zero attached hydrogens (tertiary/aromatic N) is 2. The van der Waals surface area contributed by atoms with Crippen LogP contribution in [0.1, 0.15) is 13.8 Å². The Morgan fingerprint density at radius 2 is 2.43 bits per heavy atom. The van der Waals surface area contributed by atoms with Gasteiger partial charge in [0.05, 0.1) is 6.04 Å². The molecule has 1 amide bonds. The van der Waals surface area contributed by atoms with Crippen LogP contribution in [0, 0.1) is 0 Å². The summed E-state index contributed by atoms with van der Waals surface area (Å²) >= 11 is 2.95. The number of carbonyl (C=O) groups excluding carboxylic acids is 1. The van der Waals surface area contributed by atoms with Crippen LogP contribution in [0.4, 0.5) is 5.13 Å². The highest BCUT2D eigenvalue weighted by Crippen LogP contribution is 2.24. The smallest absolute Gasteiger partial charge is 0.242 e. The third kappa shape index (κ3) is 3.24. The highest BCUT2D eigenvalue weighted by atomic mass is 32.2. The fourth-order valence-corrected chi connectivity index (χ4v) is 2.31. The summed E-state index contributed by atoms with van der Waals surface area (Å²) < 4.78 is 0.854. The lowest BCUT2D eigenvalue weighted by molar-refractivity contribution is -0.117. The van der Waals surface area contributed by atoms with E-state index in [0.29, 0.717) is 5.13 Å². The van der Waals surface area contributed by atoms with Crippen LogP contribution in [-0.2, 0) is 4.79 Å². The molecule has 3 N–H and O–H groups in total. The molecular weight excluding hydrogens is 220 g/mol. The lowest BCUT2D eigenvalue weighted by Crippen LogP contribution is -2.32. The number of thioether (sulfide) groups is 1. The van der Waals surface area contributed by atoms with Crippen molar-refractivity contribution >= 4 is 34.1 Å². The SMILES string of the molecule is CCSc1nnc(NC(=O)C(C)N)s1. The van der Waals surface area contributed by atoms with Crippen LogP contribution in [0.15, 0.2) is 4.34 Å². The summed E-state index contributed by atoms with van der Waals surface area (Å²) in [5, 5.41) is 10.8. The molecule has 78 valence electrons. The first-order chi connectivity index (χ1) is 6.63. The van der Waals surface area contributed by atoms with Gasteiger partial charge in [0.1, 0.15) is 0 Å². The Kier molecular flexibility index (Phi) is 4.30. The highest BCUT2D eigenvalue weighted by Gasteiger charge is 2.10. The van der Waals surface area contributed by atoms with Crippen molar-refractivity contribution in [3.05, 3.63) is 0 Å². The number of carbonyl (C=O) groups is 1. The highest BCUT2D eigenvalue weighted by molar-refractivity contribution is 8.01. The van der Waals surface area contributed by atoms with Crippen molar-refractivity contribution in [2.45, 2.75) is 24.2 Å². The van der Waals surface area contributed by atoms with E-state index in [-0.39, 0.29) is 5.91 Å². The van der Waals surface area contributed by atoms with Gasteiger partial charge in [-0.15, -0.1) is 10.2 Å². The van der Waals surface area contributed by atoms with Crippen LogP contribution < -0.4 is 11.1 Å². The zero-order valence-corrected chi connectivity index (χ0v) is 9.61. The van der Waals surface area contributed by atoms with E-state index in [1.165, 1.54) is 11.3 Å². The van der Waals surface area contributed by atoms with Gasteiger partial charge in [-0.1, -0.05) is 30.0 Å². The largest absolute Gasteiger partial charge is 0.320 e. The topological polar surface area (TPSA) is 80.9 Å². The second-order valence-corrected chi connectivity index (χ2v) is 5.07. The maximum Gasteiger partial charge on any atom is 0.242 e. The summed E-state index contributed by atoms with van der Waals surface area (Å²) in [6, 6.07) is -0.527. The van der Waals surface area contributed by atoms with Gasteiger partial charge in [0.25, 0.3) is 0 Å². The molecule has 0 aliphatic heterocycles. The van der Waals surface area contributed by atoms with E-state index in [0.717, 1.165) is 10.1 Å². The van der Waals surface area contributed by atoms with Crippen molar-refractivity contribution in [2.75, 3.05) is 11.1 Å². The Balaban J connectivity index is 2.55. The molecule has 0 aliphatic carbocycles. The van der Waals surface area contributed by atoms with E-state index in [1.54, 1.807) is 18.7 Å². The zero-order valence-electron chi connectivity index (χ0n) is 7.98. The van der Waals surface area contributed by atoms with Gasteiger partial charge in [0, 0.05) is 0 Å². The van der Waals surface area contributed by atoms with Crippen LogP contribution in [-0.4, -0.2) is 27.9 Å². The van der Waals surface area contributed by atoms with E-state index < -0.39 is 6.04 Å². The molecule has 0 radical (unpaired) electrons. The van der Waals surface area contributed by atoms with Gasteiger partial charge in [-0.3, -0.25) is 10.1 Å². The van der Waals surface area contributed by atoms with Crippen molar-refractivity contribution in [3.63, 3.8) is 0 Å². The lowest BCUT2D eigenvalue weighted by atomic mass is 10.3. The molecule has 0 spiro atoms. The molecule has 5 nitrogen and oxygen atoms in total. The third-order valence-electron chi connectivity index (χ3n) is 1.32. The molecule has 0 aliphatic rings. The van der Waals surface area contributed by atoms with Crippen LogP contribution in [0.2, 0.25) is 0 Å². The number of hydrogen-bond acceptors (Lipinski definition) is 6. The molecule has 1 atom stereocenters. The minimum absolute atomic E-state index is 0.241. The summed E-state index contributed by atoms with van der Waals surface area (Å²) in [4.78, 5) is 11.2. The van der Waals surface area contributed by atoms with Crippen LogP contribution in [0.25, 0.3) is 0 Å². The monoisotopic (exact) mass is 232 g/mol. The van der Waals surface area contributed by atoms with Gasteiger partial charge in [-0.25, -0.2) is 0 Å². The number of nitrogens with two attached hydrogens (primary N) is 1. The van der Waals surface area contributed by atoms with Crippen LogP contribution >= 0.6 is 23.1 Å². The summed E-state index contributed by atoms with van der Waals surface area (Å²) in [6.07, 6.45) is 0. The van der Waals surface area contributed by atoms with Crippen molar-refractivity contribution < 1.29 is 4.79 Å². The van der Waals surface area contributed by atoms with Gasteiger partial charge >= 0.3 is 0 Å². The predicted molar refractivity (Wildman–Crippen MR) is 58.6 cm³/mol.